The van der Waals surface area contributed by atoms with E-state index in [-0.39, 0.29) is 5.91 Å². The monoisotopic (exact) mass is 405 g/mol. The second-order valence-electron chi connectivity index (χ2n) is 6.52. The lowest BCUT2D eigenvalue weighted by atomic mass is 10.2. The predicted octanol–water partition coefficient (Wildman–Crippen LogP) is 3.74. The van der Waals surface area contributed by atoms with Gasteiger partial charge in [0.1, 0.15) is 5.01 Å². The van der Waals surface area contributed by atoms with Gasteiger partial charge in [-0.1, -0.05) is 15.9 Å². The maximum atomic E-state index is 12.5. The summed E-state index contributed by atoms with van der Waals surface area (Å²) in [5, 5.41) is 3.44. The standard InChI is InChI=1S/C18H20BrN3OS/c19-15-5-3-14(4-6-15)18(23)22-9-7-21(8-10-22)11-17-20-16(12-24-17)13-1-2-13/h3-6,12-13H,1-2,7-11H2. The van der Waals surface area contributed by atoms with Crippen LogP contribution in [0, 0.1) is 0 Å². The van der Waals surface area contributed by atoms with Gasteiger partial charge < -0.3 is 4.90 Å². The summed E-state index contributed by atoms with van der Waals surface area (Å²) in [4.78, 5) is 21.7. The lowest BCUT2D eigenvalue weighted by Crippen LogP contribution is -2.48. The summed E-state index contributed by atoms with van der Waals surface area (Å²) >= 11 is 5.19. The van der Waals surface area contributed by atoms with Gasteiger partial charge in [0.15, 0.2) is 0 Å². The van der Waals surface area contributed by atoms with Crippen molar-refractivity contribution in [2.75, 3.05) is 26.2 Å². The Bertz CT molecular complexity index is 718. The van der Waals surface area contributed by atoms with Gasteiger partial charge in [-0.3, -0.25) is 9.69 Å². The van der Waals surface area contributed by atoms with Gasteiger partial charge in [-0.2, -0.15) is 0 Å². The molecule has 0 N–H and O–H groups in total. The normalized spacial score (nSPS) is 18.8. The molecule has 1 aromatic heterocycles. The SMILES string of the molecule is O=C(c1ccc(Br)cc1)N1CCN(Cc2nc(C3CC3)cs2)CC1. The Morgan fingerprint density at radius 2 is 1.88 bits per heavy atom. The number of piperazine rings is 1. The lowest BCUT2D eigenvalue weighted by Gasteiger charge is -2.34. The van der Waals surface area contributed by atoms with Crippen molar-refractivity contribution in [1.82, 2.24) is 14.8 Å². The molecule has 1 saturated carbocycles. The third kappa shape index (κ3) is 3.71. The van der Waals surface area contributed by atoms with E-state index < -0.39 is 0 Å². The van der Waals surface area contributed by atoms with Crippen molar-refractivity contribution in [3.63, 3.8) is 0 Å². The smallest absolute Gasteiger partial charge is 0.253 e. The van der Waals surface area contributed by atoms with E-state index in [0.717, 1.165) is 48.7 Å². The fourth-order valence-electron chi connectivity index (χ4n) is 3.04. The van der Waals surface area contributed by atoms with Crippen molar-refractivity contribution in [2.24, 2.45) is 0 Å². The first-order valence-electron chi connectivity index (χ1n) is 8.40. The van der Waals surface area contributed by atoms with Gasteiger partial charge in [0.2, 0.25) is 0 Å². The van der Waals surface area contributed by atoms with Crippen molar-refractivity contribution in [3.8, 4) is 0 Å². The van der Waals surface area contributed by atoms with Gasteiger partial charge in [-0.05, 0) is 37.1 Å². The molecule has 2 aliphatic rings. The molecule has 0 bridgehead atoms. The Morgan fingerprint density at radius 3 is 2.54 bits per heavy atom. The largest absolute Gasteiger partial charge is 0.336 e. The average molecular weight is 406 g/mol. The van der Waals surface area contributed by atoms with Crippen LogP contribution in [0.5, 0.6) is 0 Å². The highest BCUT2D eigenvalue weighted by molar-refractivity contribution is 9.10. The first-order chi connectivity index (χ1) is 11.7. The Labute approximate surface area is 154 Å². The van der Waals surface area contributed by atoms with Crippen molar-refractivity contribution in [3.05, 3.63) is 50.4 Å². The Balaban J connectivity index is 1.30. The third-order valence-electron chi connectivity index (χ3n) is 4.67. The molecular weight excluding hydrogens is 386 g/mol. The van der Waals surface area contributed by atoms with Crippen LogP contribution in [0.4, 0.5) is 0 Å². The molecule has 1 aromatic carbocycles. The van der Waals surface area contributed by atoms with Crippen LogP contribution >= 0.6 is 27.3 Å². The average Bonchev–Trinajstić information content (AvgIpc) is 3.36. The number of amides is 1. The Kier molecular flexibility index (Phi) is 4.70. The minimum absolute atomic E-state index is 0.132. The van der Waals surface area contributed by atoms with Crippen LogP contribution in [-0.2, 0) is 6.54 Å². The van der Waals surface area contributed by atoms with Crippen molar-refractivity contribution >= 4 is 33.2 Å². The molecule has 126 valence electrons. The highest BCUT2D eigenvalue weighted by atomic mass is 79.9. The molecule has 2 heterocycles. The summed E-state index contributed by atoms with van der Waals surface area (Å²) in [6.45, 7) is 4.32. The maximum Gasteiger partial charge on any atom is 0.253 e. The second kappa shape index (κ2) is 6.94. The van der Waals surface area contributed by atoms with Crippen molar-refractivity contribution in [1.29, 1.82) is 0 Å². The fourth-order valence-corrected chi connectivity index (χ4v) is 4.22. The highest BCUT2D eigenvalue weighted by Gasteiger charge is 2.27. The zero-order chi connectivity index (χ0) is 16.5. The number of carbonyl (C=O) groups is 1. The molecule has 6 heteroatoms. The summed E-state index contributed by atoms with van der Waals surface area (Å²) in [6.07, 6.45) is 2.61. The van der Waals surface area contributed by atoms with Crippen LogP contribution in [0.2, 0.25) is 0 Å². The fraction of sp³-hybridized carbons (Fsp3) is 0.444. The molecule has 1 saturated heterocycles. The van der Waals surface area contributed by atoms with Crippen molar-refractivity contribution < 1.29 is 4.79 Å². The van der Waals surface area contributed by atoms with E-state index in [1.54, 1.807) is 11.3 Å². The first kappa shape index (κ1) is 16.2. The van der Waals surface area contributed by atoms with E-state index >= 15 is 0 Å². The summed E-state index contributed by atoms with van der Waals surface area (Å²) in [6, 6.07) is 7.61. The molecule has 24 heavy (non-hydrogen) atoms. The minimum atomic E-state index is 0.132. The highest BCUT2D eigenvalue weighted by Crippen LogP contribution is 2.40. The molecule has 1 aliphatic heterocycles. The number of nitrogens with zero attached hydrogens (tertiary/aromatic N) is 3. The van der Waals surface area contributed by atoms with Crippen LogP contribution in [0.3, 0.4) is 0 Å². The van der Waals surface area contributed by atoms with Crippen molar-refractivity contribution in [2.45, 2.75) is 25.3 Å². The molecule has 1 aliphatic carbocycles. The van der Waals surface area contributed by atoms with E-state index in [1.807, 2.05) is 29.2 Å². The van der Waals surface area contributed by atoms with Gasteiger partial charge in [-0.25, -0.2) is 4.98 Å². The molecule has 2 fully saturated rings. The number of rotatable bonds is 4. The molecule has 1 amide bonds. The third-order valence-corrected chi connectivity index (χ3v) is 6.06. The molecule has 4 nitrogen and oxygen atoms in total. The molecule has 4 rings (SSSR count). The molecule has 0 atom stereocenters. The van der Waals surface area contributed by atoms with Gasteiger partial charge >= 0.3 is 0 Å². The summed E-state index contributed by atoms with van der Waals surface area (Å²) < 4.78 is 0.998. The zero-order valence-corrected chi connectivity index (χ0v) is 15.9. The second-order valence-corrected chi connectivity index (χ2v) is 8.37. The first-order valence-corrected chi connectivity index (χ1v) is 10.1. The maximum absolute atomic E-state index is 12.5. The quantitative estimate of drug-likeness (QED) is 0.776. The molecule has 0 radical (unpaired) electrons. The summed E-state index contributed by atoms with van der Waals surface area (Å²) in [5.41, 5.74) is 2.06. The minimum Gasteiger partial charge on any atom is -0.336 e. The molecular formula is C18H20BrN3OS. The topological polar surface area (TPSA) is 36.4 Å². The van der Waals surface area contributed by atoms with E-state index in [0.29, 0.717) is 0 Å². The molecule has 2 aromatic rings. The van der Waals surface area contributed by atoms with E-state index in [1.165, 1.54) is 23.5 Å². The van der Waals surface area contributed by atoms with Gasteiger partial charge in [0.05, 0.1) is 12.2 Å². The van der Waals surface area contributed by atoms with Crippen LogP contribution in [0.15, 0.2) is 34.1 Å². The number of hydrogen-bond donors (Lipinski definition) is 0. The number of hydrogen-bond acceptors (Lipinski definition) is 4. The zero-order valence-electron chi connectivity index (χ0n) is 13.4. The Morgan fingerprint density at radius 1 is 1.17 bits per heavy atom. The van der Waals surface area contributed by atoms with E-state index in [9.17, 15) is 4.79 Å². The molecule has 0 spiro atoms. The summed E-state index contributed by atoms with van der Waals surface area (Å²) in [5.74, 6) is 0.864. The predicted molar refractivity (Wildman–Crippen MR) is 99.4 cm³/mol. The Hall–Kier alpha value is -1.24. The molecule has 0 unspecified atom stereocenters. The van der Waals surface area contributed by atoms with E-state index in [2.05, 4.69) is 26.2 Å². The van der Waals surface area contributed by atoms with Gasteiger partial charge in [-0.15, -0.1) is 11.3 Å². The number of halogens is 1. The number of carbonyl (C=O) groups excluding carboxylic acids is 1. The summed E-state index contributed by atoms with van der Waals surface area (Å²) in [7, 11) is 0. The van der Waals surface area contributed by atoms with Gasteiger partial charge in [0, 0.05) is 47.5 Å². The van der Waals surface area contributed by atoms with Crippen LogP contribution < -0.4 is 0 Å². The van der Waals surface area contributed by atoms with E-state index in [4.69, 9.17) is 4.98 Å². The number of benzene rings is 1. The number of thiazole rings is 1. The van der Waals surface area contributed by atoms with Gasteiger partial charge in [0.25, 0.3) is 5.91 Å². The van der Waals surface area contributed by atoms with Crippen LogP contribution in [0.1, 0.15) is 39.8 Å². The van der Waals surface area contributed by atoms with Crippen LogP contribution in [0.25, 0.3) is 0 Å². The number of aromatic nitrogens is 1. The lowest BCUT2D eigenvalue weighted by molar-refractivity contribution is 0.0628. The van der Waals surface area contributed by atoms with Crippen LogP contribution in [-0.4, -0.2) is 46.9 Å².